The fourth-order valence-electron chi connectivity index (χ4n) is 1.59. The first-order valence-corrected chi connectivity index (χ1v) is 8.09. The molecule has 0 bridgehead atoms. The highest BCUT2D eigenvalue weighted by Crippen LogP contribution is 2.15. The van der Waals surface area contributed by atoms with Gasteiger partial charge in [0.15, 0.2) is 5.58 Å². The van der Waals surface area contributed by atoms with Gasteiger partial charge in [-0.15, -0.1) is 0 Å². The molecule has 7 nitrogen and oxygen atoms in total. The number of hydrogen-bond donors (Lipinski definition) is 2. The molecule has 0 fully saturated rings. The van der Waals surface area contributed by atoms with Gasteiger partial charge >= 0.3 is 0 Å². The largest absolute Gasteiger partial charge is 0.437 e. The summed E-state index contributed by atoms with van der Waals surface area (Å²) in [4.78, 5) is 15.7. The third-order valence-corrected chi connectivity index (χ3v) is 3.20. The van der Waals surface area contributed by atoms with Crippen molar-refractivity contribution in [1.29, 1.82) is 0 Å². The first kappa shape index (κ1) is 15.2. The molecule has 1 aromatic carbocycles. The molecule has 1 amide bonds. The highest BCUT2D eigenvalue weighted by atomic mass is 32.2. The molecular formula is C13H15N3O4S. The molecule has 0 aliphatic carbocycles. The van der Waals surface area contributed by atoms with Crippen molar-refractivity contribution in [3.8, 4) is 0 Å². The van der Waals surface area contributed by atoms with E-state index in [-0.39, 0.29) is 19.0 Å². The van der Waals surface area contributed by atoms with Crippen molar-refractivity contribution in [2.75, 3.05) is 19.3 Å². The van der Waals surface area contributed by atoms with Crippen LogP contribution in [0.25, 0.3) is 17.2 Å². The molecular weight excluding hydrogens is 294 g/mol. The summed E-state index contributed by atoms with van der Waals surface area (Å²) in [6.45, 7) is 0.338. The first-order valence-electron chi connectivity index (χ1n) is 6.20. The molecule has 0 spiro atoms. The van der Waals surface area contributed by atoms with Crippen molar-refractivity contribution in [1.82, 2.24) is 15.0 Å². The zero-order valence-electron chi connectivity index (χ0n) is 11.4. The standard InChI is InChI=1S/C13H15N3O4S/c1-21(18,19)15-9-8-14-12(17)6-7-13-16-10-4-2-3-5-11(10)20-13/h2-7,15H,8-9H2,1H3,(H,14,17)/b7-6-. The van der Waals surface area contributed by atoms with Gasteiger partial charge in [0.25, 0.3) is 0 Å². The molecule has 0 unspecified atom stereocenters. The van der Waals surface area contributed by atoms with Gasteiger partial charge in [0.2, 0.25) is 21.8 Å². The normalized spacial score (nSPS) is 12.0. The van der Waals surface area contributed by atoms with Crippen LogP contribution in [0.3, 0.4) is 0 Å². The Bertz CT molecular complexity index is 732. The van der Waals surface area contributed by atoms with Crippen molar-refractivity contribution in [3.63, 3.8) is 0 Å². The topological polar surface area (TPSA) is 101 Å². The highest BCUT2D eigenvalue weighted by molar-refractivity contribution is 7.88. The number of carbonyl (C=O) groups excluding carboxylic acids is 1. The molecule has 0 saturated carbocycles. The molecule has 2 N–H and O–H groups in total. The quantitative estimate of drug-likeness (QED) is 0.598. The van der Waals surface area contributed by atoms with E-state index in [4.69, 9.17) is 4.42 Å². The number of nitrogens with zero attached hydrogens (tertiary/aromatic N) is 1. The van der Waals surface area contributed by atoms with E-state index < -0.39 is 10.0 Å². The van der Waals surface area contributed by atoms with E-state index in [0.29, 0.717) is 11.5 Å². The summed E-state index contributed by atoms with van der Waals surface area (Å²) in [6, 6.07) is 7.28. The Hall–Kier alpha value is -2.19. The second-order valence-electron chi connectivity index (χ2n) is 4.31. The van der Waals surface area contributed by atoms with Gasteiger partial charge in [-0.05, 0) is 12.1 Å². The van der Waals surface area contributed by atoms with Crippen molar-refractivity contribution >= 4 is 33.1 Å². The van der Waals surface area contributed by atoms with E-state index in [1.165, 1.54) is 12.2 Å². The monoisotopic (exact) mass is 309 g/mol. The Morgan fingerprint density at radius 3 is 2.81 bits per heavy atom. The lowest BCUT2D eigenvalue weighted by atomic mass is 10.3. The summed E-state index contributed by atoms with van der Waals surface area (Å²) in [7, 11) is -3.24. The second-order valence-corrected chi connectivity index (χ2v) is 6.14. The number of fused-ring (bicyclic) bond motifs is 1. The summed E-state index contributed by atoms with van der Waals surface area (Å²) < 4.78 is 29.3. The number of aromatic nitrogens is 1. The number of para-hydroxylation sites is 2. The lowest BCUT2D eigenvalue weighted by Gasteiger charge is -2.02. The minimum atomic E-state index is -3.24. The van der Waals surface area contributed by atoms with Gasteiger partial charge in [-0.2, -0.15) is 0 Å². The molecule has 1 heterocycles. The molecule has 112 valence electrons. The summed E-state index contributed by atoms with van der Waals surface area (Å²) in [5.41, 5.74) is 1.37. The van der Waals surface area contributed by atoms with Crippen LogP contribution in [0.2, 0.25) is 0 Å². The molecule has 0 radical (unpaired) electrons. The number of sulfonamides is 1. The zero-order chi connectivity index (χ0) is 15.3. The molecule has 2 aromatic rings. The van der Waals surface area contributed by atoms with Crippen LogP contribution in [0.1, 0.15) is 5.89 Å². The fraction of sp³-hybridized carbons (Fsp3) is 0.231. The van der Waals surface area contributed by atoms with E-state index in [9.17, 15) is 13.2 Å². The van der Waals surface area contributed by atoms with Crippen LogP contribution in [0.5, 0.6) is 0 Å². The number of carbonyl (C=O) groups is 1. The van der Waals surface area contributed by atoms with Gasteiger partial charge in [-0.25, -0.2) is 18.1 Å². The fourth-order valence-corrected chi connectivity index (χ4v) is 2.06. The van der Waals surface area contributed by atoms with E-state index in [0.717, 1.165) is 11.8 Å². The molecule has 8 heteroatoms. The van der Waals surface area contributed by atoms with E-state index in [2.05, 4.69) is 15.0 Å². The maximum atomic E-state index is 11.5. The molecule has 0 aliphatic rings. The molecule has 2 rings (SSSR count). The van der Waals surface area contributed by atoms with Crippen molar-refractivity contribution in [2.24, 2.45) is 0 Å². The van der Waals surface area contributed by atoms with Gasteiger partial charge in [-0.1, -0.05) is 12.1 Å². The summed E-state index contributed by atoms with van der Waals surface area (Å²) in [5, 5.41) is 2.54. The SMILES string of the molecule is CS(=O)(=O)NCCNC(=O)/C=C\c1nc2ccccc2o1. The number of amides is 1. The summed E-state index contributed by atoms with van der Waals surface area (Å²) in [6.07, 6.45) is 3.80. The number of nitrogens with one attached hydrogen (secondary N) is 2. The highest BCUT2D eigenvalue weighted by Gasteiger charge is 2.03. The lowest BCUT2D eigenvalue weighted by Crippen LogP contribution is -2.33. The molecule has 21 heavy (non-hydrogen) atoms. The third kappa shape index (κ3) is 5.01. The van der Waals surface area contributed by atoms with Crippen molar-refractivity contribution in [3.05, 3.63) is 36.2 Å². The third-order valence-electron chi connectivity index (χ3n) is 2.48. The van der Waals surface area contributed by atoms with Gasteiger partial charge in [0.05, 0.1) is 6.26 Å². The summed E-state index contributed by atoms with van der Waals surface area (Å²) in [5.74, 6) is -0.0202. The minimum absolute atomic E-state index is 0.140. The Morgan fingerprint density at radius 2 is 2.10 bits per heavy atom. The Labute approximate surface area is 122 Å². The maximum absolute atomic E-state index is 11.5. The van der Waals surface area contributed by atoms with Crippen LogP contribution < -0.4 is 10.0 Å². The van der Waals surface area contributed by atoms with Crippen LogP contribution >= 0.6 is 0 Å². The van der Waals surface area contributed by atoms with Crippen LogP contribution in [0.4, 0.5) is 0 Å². The summed E-state index contributed by atoms with van der Waals surface area (Å²) >= 11 is 0. The van der Waals surface area contributed by atoms with Crippen LogP contribution in [0, 0.1) is 0 Å². The molecule has 0 aliphatic heterocycles. The number of rotatable bonds is 6. The van der Waals surface area contributed by atoms with Crippen LogP contribution in [-0.2, 0) is 14.8 Å². The van der Waals surface area contributed by atoms with Crippen LogP contribution in [0.15, 0.2) is 34.8 Å². The average molecular weight is 309 g/mol. The van der Waals surface area contributed by atoms with E-state index >= 15 is 0 Å². The first-order chi connectivity index (χ1) is 9.94. The average Bonchev–Trinajstić information content (AvgIpc) is 2.83. The molecule has 1 aromatic heterocycles. The second kappa shape index (κ2) is 6.51. The van der Waals surface area contributed by atoms with Gasteiger partial charge in [-0.3, -0.25) is 4.79 Å². The lowest BCUT2D eigenvalue weighted by molar-refractivity contribution is -0.116. The number of benzene rings is 1. The Balaban J connectivity index is 1.84. The van der Waals surface area contributed by atoms with E-state index in [1.54, 1.807) is 6.07 Å². The van der Waals surface area contributed by atoms with Gasteiger partial charge < -0.3 is 9.73 Å². The van der Waals surface area contributed by atoms with Crippen LogP contribution in [-0.4, -0.2) is 38.7 Å². The van der Waals surface area contributed by atoms with E-state index in [1.807, 2.05) is 18.2 Å². The molecule has 0 saturated heterocycles. The minimum Gasteiger partial charge on any atom is -0.437 e. The smallest absolute Gasteiger partial charge is 0.244 e. The Morgan fingerprint density at radius 1 is 1.33 bits per heavy atom. The number of hydrogen-bond acceptors (Lipinski definition) is 5. The van der Waals surface area contributed by atoms with Crippen molar-refractivity contribution in [2.45, 2.75) is 0 Å². The maximum Gasteiger partial charge on any atom is 0.244 e. The Kier molecular flexibility index (Phi) is 4.71. The van der Waals surface area contributed by atoms with Gasteiger partial charge in [0.1, 0.15) is 5.52 Å². The molecule has 0 atom stereocenters. The van der Waals surface area contributed by atoms with Gasteiger partial charge in [0, 0.05) is 25.2 Å². The van der Waals surface area contributed by atoms with Crippen molar-refractivity contribution < 1.29 is 17.6 Å². The predicted molar refractivity (Wildman–Crippen MR) is 78.9 cm³/mol. The number of oxazole rings is 1. The predicted octanol–water partition coefficient (Wildman–Crippen LogP) is 0.506. The zero-order valence-corrected chi connectivity index (χ0v) is 12.2.